The Labute approximate surface area is 340 Å². The SMILES string of the molecule is CC1(C)CCC(C)(C)c2cc(-c3cc4c(cc3N(c3ccc5c(c3)C(C)(C)c3ccccc3-5)c3ccccc3-c3ccccc3)C(C)(C)c3ccccc3-4)ccc21. The van der Waals surface area contributed by atoms with Gasteiger partial charge in [0.15, 0.2) is 0 Å². The number of rotatable bonds is 5. The zero-order valence-corrected chi connectivity index (χ0v) is 34.8. The highest BCUT2D eigenvalue weighted by Crippen LogP contribution is 2.56. The smallest absolute Gasteiger partial charge is 0.0543 e. The Hall–Kier alpha value is -5.66. The molecule has 0 unspecified atom stereocenters. The Kier molecular flexibility index (Phi) is 7.79. The quantitative estimate of drug-likeness (QED) is 0.170. The standard InChI is InChI=1S/C56H53N/c1-53(2)30-31-54(3,4)50-32-37(26-29-47(50)53)43-34-44-41-22-13-16-24-46(41)56(7,8)49(44)35-52(43)57(51-25-17-14-20-39(51)36-18-10-9-11-19-36)38-27-28-42-40-21-12-15-23-45(40)55(5,6)48(42)33-38/h9-29,32-35H,30-31H2,1-8H3. The van der Waals surface area contributed by atoms with Crippen molar-refractivity contribution < 1.29 is 0 Å². The first kappa shape index (κ1) is 35.7. The molecule has 3 aliphatic carbocycles. The van der Waals surface area contributed by atoms with Crippen LogP contribution >= 0.6 is 0 Å². The Morgan fingerprint density at radius 2 is 0.877 bits per heavy atom. The molecule has 57 heavy (non-hydrogen) atoms. The molecule has 3 aliphatic rings. The molecule has 7 aromatic carbocycles. The monoisotopic (exact) mass is 739 g/mol. The second kappa shape index (κ2) is 12.4. The Morgan fingerprint density at radius 3 is 1.56 bits per heavy atom. The van der Waals surface area contributed by atoms with Crippen LogP contribution in [0.25, 0.3) is 44.5 Å². The highest BCUT2D eigenvalue weighted by atomic mass is 15.1. The molecule has 0 N–H and O–H groups in total. The first-order valence-corrected chi connectivity index (χ1v) is 20.9. The van der Waals surface area contributed by atoms with Gasteiger partial charge in [0.05, 0.1) is 11.4 Å². The molecule has 0 bridgehead atoms. The fourth-order valence-corrected chi connectivity index (χ4v) is 10.7. The number of anilines is 3. The van der Waals surface area contributed by atoms with Crippen molar-refractivity contribution in [3.05, 3.63) is 185 Å². The zero-order chi connectivity index (χ0) is 39.5. The molecule has 282 valence electrons. The number of hydrogen-bond acceptors (Lipinski definition) is 1. The first-order valence-electron chi connectivity index (χ1n) is 20.9. The summed E-state index contributed by atoms with van der Waals surface area (Å²) in [6.45, 7) is 19.3. The van der Waals surface area contributed by atoms with E-state index in [0.717, 1.165) is 0 Å². The number of fused-ring (bicyclic) bond motifs is 7. The van der Waals surface area contributed by atoms with Crippen LogP contribution in [-0.2, 0) is 21.7 Å². The van der Waals surface area contributed by atoms with Crippen molar-refractivity contribution >= 4 is 17.1 Å². The molecule has 0 heterocycles. The van der Waals surface area contributed by atoms with Gasteiger partial charge in [-0.25, -0.2) is 0 Å². The van der Waals surface area contributed by atoms with Crippen molar-refractivity contribution in [2.24, 2.45) is 0 Å². The average molecular weight is 740 g/mol. The molecule has 0 atom stereocenters. The minimum absolute atomic E-state index is 0.0898. The van der Waals surface area contributed by atoms with E-state index < -0.39 is 0 Å². The van der Waals surface area contributed by atoms with Crippen molar-refractivity contribution in [1.29, 1.82) is 0 Å². The van der Waals surface area contributed by atoms with E-state index in [0.29, 0.717) is 0 Å². The van der Waals surface area contributed by atoms with Crippen LogP contribution in [-0.4, -0.2) is 0 Å². The third kappa shape index (κ3) is 5.35. The van der Waals surface area contributed by atoms with Crippen molar-refractivity contribution in [2.75, 3.05) is 4.90 Å². The minimum atomic E-state index is -0.159. The topological polar surface area (TPSA) is 3.24 Å². The van der Waals surface area contributed by atoms with Crippen LogP contribution in [0.3, 0.4) is 0 Å². The number of nitrogens with zero attached hydrogens (tertiary/aromatic N) is 1. The summed E-state index contributed by atoms with van der Waals surface area (Å²) in [4.78, 5) is 2.59. The van der Waals surface area contributed by atoms with E-state index in [1.807, 2.05) is 0 Å². The molecule has 0 saturated carbocycles. The predicted octanol–water partition coefficient (Wildman–Crippen LogP) is 15.5. The van der Waals surface area contributed by atoms with E-state index in [1.165, 1.54) is 108 Å². The lowest BCUT2D eigenvalue weighted by Gasteiger charge is -2.42. The number of benzene rings is 7. The van der Waals surface area contributed by atoms with Gasteiger partial charge in [0.2, 0.25) is 0 Å². The molecule has 0 fully saturated rings. The van der Waals surface area contributed by atoms with E-state index in [4.69, 9.17) is 0 Å². The van der Waals surface area contributed by atoms with Gasteiger partial charge in [0, 0.05) is 27.6 Å². The third-order valence-corrected chi connectivity index (χ3v) is 14.2. The van der Waals surface area contributed by atoms with Crippen LogP contribution in [0.2, 0.25) is 0 Å². The molecule has 1 nitrogen and oxygen atoms in total. The summed E-state index contributed by atoms with van der Waals surface area (Å²) in [5.41, 5.74) is 22.3. The summed E-state index contributed by atoms with van der Waals surface area (Å²) in [6, 6.07) is 57.7. The molecule has 0 amide bonds. The Morgan fingerprint density at radius 1 is 0.333 bits per heavy atom. The van der Waals surface area contributed by atoms with Gasteiger partial charge in [-0.1, -0.05) is 177 Å². The molecule has 0 aromatic heterocycles. The Bertz CT molecular complexity index is 2740. The van der Waals surface area contributed by atoms with Crippen molar-refractivity contribution in [1.82, 2.24) is 0 Å². The molecule has 0 radical (unpaired) electrons. The lowest BCUT2D eigenvalue weighted by atomic mass is 9.63. The summed E-state index contributed by atoms with van der Waals surface area (Å²) < 4.78 is 0. The van der Waals surface area contributed by atoms with Crippen LogP contribution < -0.4 is 4.90 Å². The fraction of sp³-hybridized carbons (Fsp3) is 0.250. The van der Waals surface area contributed by atoms with Crippen LogP contribution in [0.5, 0.6) is 0 Å². The maximum Gasteiger partial charge on any atom is 0.0543 e. The molecule has 0 saturated heterocycles. The molecular weight excluding hydrogens is 687 g/mol. The fourth-order valence-electron chi connectivity index (χ4n) is 10.7. The van der Waals surface area contributed by atoms with E-state index >= 15 is 0 Å². The van der Waals surface area contributed by atoms with Crippen molar-refractivity contribution in [2.45, 2.75) is 89.9 Å². The first-order chi connectivity index (χ1) is 27.3. The van der Waals surface area contributed by atoms with Gasteiger partial charge in [-0.3, -0.25) is 0 Å². The van der Waals surface area contributed by atoms with E-state index in [1.54, 1.807) is 0 Å². The second-order valence-corrected chi connectivity index (χ2v) is 19.2. The van der Waals surface area contributed by atoms with Crippen LogP contribution in [0.4, 0.5) is 17.1 Å². The average Bonchev–Trinajstić information content (AvgIpc) is 3.59. The second-order valence-electron chi connectivity index (χ2n) is 19.2. The van der Waals surface area contributed by atoms with Crippen LogP contribution in [0, 0.1) is 0 Å². The zero-order valence-electron chi connectivity index (χ0n) is 34.8. The summed E-state index contributed by atoms with van der Waals surface area (Å²) >= 11 is 0. The molecular formula is C56H53N. The number of hydrogen-bond donors (Lipinski definition) is 0. The van der Waals surface area contributed by atoms with Gasteiger partial charge in [-0.2, -0.15) is 0 Å². The van der Waals surface area contributed by atoms with E-state index in [2.05, 4.69) is 212 Å². The molecule has 0 spiro atoms. The highest BCUT2D eigenvalue weighted by molar-refractivity contribution is 5.98. The maximum atomic E-state index is 2.59. The summed E-state index contributed by atoms with van der Waals surface area (Å²) in [7, 11) is 0. The molecule has 10 rings (SSSR count). The normalized spacial score (nSPS) is 17.2. The lowest BCUT2D eigenvalue weighted by Crippen LogP contribution is -2.33. The molecule has 7 aromatic rings. The largest absolute Gasteiger partial charge is 0.309 e. The van der Waals surface area contributed by atoms with Crippen molar-refractivity contribution in [3.8, 4) is 44.5 Å². The number of para-hydroxylation sites is 1. The Balaban J connectivity index is 1.30. The maximum absolute atomic E-state index is 2.59. The predicted molar refractivity (Wildman–Crippen MR) is 242 cm³/mol. The lowest BCUT2D eigenvalue weighted by molar-refractivity contribution is 0.332. The van der Waals surface area contributed by atoms with Gasteiger partial charge in [-0.15, -0.1) is 0 Å². The summed E-state index contributed by atoms with van der Waals surface area (Å²) in [6.07, 6.45) is 2.38. The summed E-state index contributed by atoms with van der Waals surface area (Å²) in [5.74, 6) is 0. The van der Waals surface area contributed by atoms with E-state index in [-0.39, 0.29) is 21.7 Å². The molecule has 1 heteroatoms. The van der Waals surface area contributed by atoms with Crippen LogP contribution in [0.15, 0.2) is 152 Å². The third-order valence-electron chi connectivity index (χ3n) is 14.2. The van der Waals surface area contributed by atoms with Crippen molar-refractivity contribution in [3.63, 3.8) is 0 Å². The van der Waals surface area contributed by atoms with Crippen LogP contribution in [0.1, 0.15) is 102 Å². The van der Waals surface area contributed by atoms with Gasteiger partial charge >= 0.3 is 0 Å². The van der Waals surface area contributed by atoms with Gasteiger partial charge in [0.1, 0.15) is 0 Å². The molecule has 0 aliphatic heterocycles. The minimum Gasteiger partial charge on any atom is -0.309 e. The summed E-state index contributed by atoms with van der Waals surface area (Å²) in [5, 5.41) is 0. The van der Waals surface area contributed by atoms with Gasteiger partial charge in [0.25, 0.3) is 0 Å². The van der Waals surface area contributed by atoms with Gasteiger partial charge in [-0.05, 0) is 121 Å². The van der Waals surface area contributed by atoms with E-state index in [9.17, 15) is 0 Å². The van der Waals surface area contributed by atoms with Gasteiger partial charge < -0.3 is 4.90 Å². The highest BCUT2D eigenvalue weighted by Gasteiger charge is 2.40.